The van der Waals surface area contributed by atoms with Crippen molar-refractivity contribution < 1.29 is 23.8 Å². The zero-order valence-electron chi connectivity index (χ0n) is 20.6. The van der Waals surface area contributed by atoms with E-state index in [4.69, 9.17) is 14.2 Å². The summed E-state index contributed by atoms with van der Waals surface area (Å²) >= 11 is 0. The lowest BCUT2D eigenvalue weighted by molar-refractivity contribution is 0.0934. The molecule has 36 heavy (non-hydrogen) atoms. The molecule has 2 amide bonds. The molecule has 2 N–H and O–H groups in total. The fourth-order valence-corrected chi connectivity index (χ4v) is 3.85. The minimum atomic E-state index is -0.260. The highest BCUT2D eigenvalue weighted by Crippen LogP contribution is 2.31. The zero-order chi connectivity index (χ0) is 25.3. The van der Waals surface area contributed by atoms with Crippen molar-refractivity contribution in [3.05, 3.63) is 65.0 Å². The van der Waals surface area contributed by atoms with Crippen molar-refractivity contribution in [2.45, 2.75) is 39.3 Å². The number of para-hydroxylation sites is 1. The molecule has 0 radical (unpaired) electrons. The van der Waals surface area contributed by atoms with Crippen LogP contribution in [0.5, 0.6) is 17.2 Å². The van der Waals surface area contributed by atoms with Gasteiger partial charge in [0.15, 0.2) is 11.5 Å². The fraction of sp³-hybridized carbons (Fsp3) is 0.385. The number of hydrogen-bond acceptors (Lipinski definition) is 7. The van der Waals surface area contributed by atoms with Gasteiger partial charge in [0.1, 0.15) is 18.1 Å². The van der Waals surface area contributed by atoms with E-state index in [-0.39, 0.29) is 18.4 Å². The van der Waals surface area contributed by atoms with E-state index in [2.05, 4.69) is 20.9 Å². The number of aromatic nitrogens is 3. The standard InChI is InChI=1S/C26H31N5O5/c1-18-9-10-20-23(15-18)35-14-6-13-31-16-19(29-30-31)17-36-24-21(7-5-8-22(24)34-2)26(33)28-12-4-3-11-27-25(20)32/h5,7-10,15-16H,3-4,6,11-14,17H2,1-2H3,(H,27,32)(H,28,33). The van der Waals surface area contributed by atoms with Crippen LogP contribution in [0.25, 0.3) is 0 Å². The van der Waals surface area contributed by atoms with Gasteiger partial charge in [-0.15, -0.1) is 5.10 Å². The molecule has 2 bridgehead atoms. The smallest absolute Gasteiger partial charge is 0.255 e. The molecule has 10 heteroatoms. The number of methoxy groups -OCH3 is 1. The summed E-state index contributed by atoms with van der Waals surface area (Å²) in [5.74, 6) is 0.933. The molecule has 0 aliphatic carbocycles. The van der Waals surface area contributed by atoms with Gasteiger partial charge in [-0.3, -0.25) is 14.3 Å². The number of benzene rings is 2. The number of aryl methyl sites for hydroxylation is 2. The summed E-state index contributed by atoms with van der Waals surface area (Å²) in [7, 11) is 1.53. The van der Waals surface area contributed by atoms with Gasteiger partial charge >= 0.3 is 0 Å². The van der Waals surface area contributed by atoms with Crippen LogP contribution in [0, 0.1) is 6.92 Å². The van der Waals surface area contributed by atoms with Crippen molar-refractivity contribution in [2.75, 3.05) is 26.8 Å². The molecule has 0 unspecified atom stereocenters. The molecule has 0 saturated heterocycles. The lowest BCUT2D eigenvalue weighted by Crippen LogP contribution is -2.28. The number of ether oxygens (including phenoxy) is 3. The van der Waals surface area contributed by atoms with Crippen molar-refractivity contribution in [3.8, 4) is 17.2 Å². The summed E-state index contributed by atoms with van der Waals surface area (Å²) in [6.45, 7) is 4.05. The van der Waals surface area contributed by atoms with E-state index in [1.54, 1.807) is 35.1 Å². The maximum absolute atomic E-state index is 12.9. The minimum absolute atomic E-state index is 0.136. The van der Waals surface area contributed by atoms with Gasteiger partial charge in [0, 0.05) is 26.1 Å². The number of rotatable bonds is 1. The van der Waals surface area contributed by atoms with E-state index >= 15 is 0 Å². The second-order valence-corrected chi connectivity index (χ2v) is 8.52. The first-order valence-corrected chi connectivity index (χ1v) is 12.0. The van der Waals surface area contributed by atoms with Gasteiger partial charge in [-0.1, -0.05) is 17.3 Å². The van der Waals surface area contributed by atoms with Crippen LogP contribution in [-0.4, -0.2) is 53.6 Å². The molecule has 190 valence electrons. The SMILES string of the molecule is COc1cccc2c1OCc1cn(nn1)CCCOc1cc(C)ccc1C(=O)NCCCCNC2=O. The van der Waals surface area contributed by atoms with E-state index in [1.165, 1.54) is 7.11 Å². The summed E-state index contributed by atoms with van der Waals surface area (Å²) < 4.78 is 19.0. The fourth-order valence-electron chi connectivity index (χ4n) is 3.85. The molecule has 0 atom stereocenters. The predicted octanol–water partition coefficient (Wildman–Crippen LogP) is 2.90. The lowest BCUT2D eigenvalue weighted by atomic mass is 10.1. The predicted molar refractivity (Wildman–Crippen MR) is 133 cm³/mol. The average Bonchev–Trinajstić information content (AvgIpc) is 3.34. The van der Waals surface area contributed by atoms with Crippen LogP contribution in [0.1, 0.15) is 51.2 Å². The van der Waals surface area contributed by atoms with Crippen molar-refractivity contribution >= 4 is 11.8 Å². The first kappa shape index (κ1) is 25.0. The number of carbonyl (C=O) groups excluding carboxylic acids is 2. The van der Waals surface area contributed by atoms with Gasteiger partial charge in [0.25, 0.3) is 11.8 Å². The quantitative estimate of drug-likeness (QED) is 0.535. The van der Waals surface area contributed by atoms with Crippen molar-refractivity contribution in [2.24, 2.45) is 0 Å². The third kappa shape index (κ3) is 6.32. The van der Waals surface area contributed by atoms with Crippen LogP contribution in [-0.2, 0) is 13.2 Å². The molecule has 3 aromatic rings. The molecule has 0 spiro atoms. The number of hydrogen-bond donors (Lipinski definition) is 2. The summed E-state index contributed by atoms with van der Waals surface area (Å²) in [6, 6.07) is 10.7. The van der Waals surface area contributed by atoms with E-state index in [0.29, 0.717) is 79.6 Å². The summed E-state index contributed by atoms with van der Waals surface area (Å²) in [5, 5.41) is 14.2. The van der Waals surface area contributed by atoms with Gasteiger partial charge in [0.05, 0.1) is 31.0 Å². The highest BCUT2D eigenvalue weighted by atomic mass is 16.5. The molecule has 1 aromatic heterocycles. The Labute approximate surface area is 209 Å². The van der Waals surface area contributed by atoms with Gasteiger partial charge in [-0.2, -0.15) is 0 Å². The number of nitrogens with zero attached hydrogens (tertiary/aromatic N) is 3. The number of nitrogens with one attached hydrogen (secondary N) is 2. The highest BCUT2D eigenvalue weighted by Gasteiger charge is 2.18. The molecule has 2 heterocycles. The monoisotopic (exact) mass is 493 g/mol. The number of carbonyl (C=O) groups is 2. The molecule has 0 saturated carbocycles. The van der Waals surface area contributed by atoms with Crippen LogP contribution >= 0.6 is 0 Å². The molecule has 10 nitrogen and oxygen atoms in total. The van der Waals surface area contributed by atoms with Crippen LogP contribution in [0.3, 0.4) is 0 Å². The normalized spacial score (nSPS) is 15.6. The van der Waals surface area contributed by atoms with Crippen molar-refractivity contribution in [1.29, 1.82) is 0 Å². The summed E-state index contributed by atoms with van der Waals surface area (Å²) in [6.07, 6.45) is 3.88. The largest absolute Gasteiger partial charge is 0.493 e. The molecular formula is C26H31N5O5. The molecule has 1 aliphatic heterocycles. The maximum atomic E-state index is 12.9. The molecule has 0 fully saturated rings. The first-order chi connectivity index (χ1) is 17.5. The third-order valence-electron chi connectivity index (χ3n) is 5.74. The Morgan fingerprint density at radius 1 is 0.972 bits per heavy atom. The Bertz CT molecular complexity index is 1210. The average molecular weight is 494 g/mol. The highest BCUT2D eigenvalue weighted by molar-refractivity contribution is 5.98. The maximum Gasteiger partial charge on any atom is 0.255 e. The van der Waals surface area contributed by atoms with Crippen LogP contribution < -0.4 is 24.8 Å². The lowest BCUT2D eigenvalue weighted by Gasteiger charge is -2.14. The Morgan fingerprint density at radius 3 is 2.53 bits per heavy atom. The van der Waals surface area contributed by atoms with Gasteiger partial charge < -0.3 is 24.8 Å². The first-order valence-electron chi connectivity index (χ1n) is 12.0. The Balaban J connectivity index is 1.51. The number of amides is 2. The molecule has 4 rings (SSSR count). The second-order valence-electron chi connectivity index (χ2n) is 8.52. The van der Waals surface area contributed by atoms with Crippen LogP contribution in [0.2, 0.25) is 0 Å². The third-order valence-corrected chi connectivity index (χ3v) is 5.74. The molecule has 2 aromatic carbocycles. The zero-order valence-corrected chi connectivity index (χ0v) is 20.6. The van der Waals surface area contributed by atoms with Gasteiger partial charge in [-0.25, -0.2) is 0 Å². The van der Waals surface area contributed by atoms with Gasteiger partial charge in [0.2, 0.25) is 0 Å². The Hall–Kier alpha value is -4.08. The van der Waals surface area contributed by atoms with E-state index in [9.17, 15) is 9.59 Å². The molecule has 1 aliphatic rings. The summed E-state index contributed by atoms with van der Waals surface area (Å²) in [4.78, 5) is 25.6. The van der Waals surface area contributed by atoms with E-state index in [0.717, 1.165) is 5.56 Å². The number of fused-ring (bicyclic) bond motifs is 4. The topological polar surface area (TPSA) is 117 Å². The van der Waals surface area contributed by atoms with Crippen molar-refractivity contribution in [1.82, 2.24) is 25.6 Å². The minimum Gasteiger partial charge on any atom is -0.493 e. The van der Waals surface area contributed by atoms with E-state index < -0.39 is 0 Å². The Kier molecular flexibility index (Phi) is 8.38. The van der Waals surface area contributed by atoms with E-state index in [1.807, 2.05) is 19.1 Å². The Morgan fingerprint density at radius 2 is 1.75 bits per heavy atom. The summed E-state index contributed by atoms with van der Waals surface area (Å²) in [5.41, 5.74) is 2.52. The van der Waals surface area contributed by atoms with Crippen LogP contribution in [0.15, 0.2) is 42.6 Å². The van der Waals surface area contributed by atoms with Crippen LogP contribution in [0.4, 0.5) is 0 Å². The molecular weight excluding hydrogens is 462 g/mol. The second kappa shape index (κ2) is 12.1. The van der Waals surface area contributed by atoms with Crippen molar-refractivity contribution in [3.63, 3.8) is 0 Å². The van der Waals surface area contributed by atoms with Gasteiger partial charge in [-0.05, 0) is 49.6 Å².